The second-order valence-corrected chi connectivity index (χ2v) is 6.85. The van der Waals surface area contributed by atoms with Gasteiger partial charge in [0.15, 0.2) is 0 Å². The molecule has 1 rings (SSSR count). The third kappa shape index (κ3) is 5.59. The fourth-order valence-corrected chi connectivity index (χ4v) is 2.44. The molecule has 0 aliphatic carbocycles. The Morgan fingerprint density at radius 1 is 1.53 bits per heavy atom. The molecule has 6 nitrogen and oxygen atoms in total. The van der Waals surface area contributed by atoms with Gasteiger partial charge in [-0.3, -0.25) is 9.00 Å². The lowest BCUT2D eigenvalue weighted by molar-refractivity contribution is -0.138. The first-order chi connectivity index (χ1) is 8.90. The molecule has 110 valence electrons. The highest BCUT2D eigenvalue weighted by molar-refractivity contribution is 7.84. The third-order valence-corrected chi connectivity index (χ3v) is 4.68. The van der Waals surface area contributed by atoms with Gasteiger partial charge in [0.05, 0.1) is 0 Å². The van der Waals surface area contributed by atoms with Gasteiger partial charge in [-0.1, -0.05) is 0 Å². The van der Waals surface area contributed by atoms with Gasteiger partial charge in [0, 0.05) is 48.4 Å². The normalized spacial score (nSPS) is 22.6. The Kier molecular flexibility index (Phi) is 6.27. The number of piperidine rings is 1. The second kappa shape index (κ2) is 7.47. The molecule has 1 fully saturated rings. The topological polar surface area (TPSA) is 86.7 Å². The highest BCUT2D eigenvalue weighted by Crippen LogP contribution is 2.19. The highest BCUT2D eigenvalue weighted by atomic mass is 32.2. The number of hydrogen-bond acceptors (Lipinski definition) is 3. The summed E-state index contributed by atoms with van der Waals surface area (Å²) >= 11 is 0. The summed E-state index contributed by atoms with van der Waals surface area (Å²) in [5.74, 6) is -0.781. The van der Waals surface area contributed by atoms with Crippen LogP contribution in [-0.2, 0) is 15.6 Å². The molecule has 0 saturated carbocycles. The van der Waals surface area contributed by atoms with Crippen LogP contribution in [0.3, 0.4) is 0 Å². The van der Waals surface area contributed by atoms with Crippen molar-refractivity contribution in [3.63, 3.8) is 0 Å². The average molecular weight is 290 g/mol. The zero-order valence-electron chi connectivity index (χ0n) is 11.4. The van der Waals surface area contributed by atoms with Crippen molar-refractivity contribution in [1.82, 2.24) is 10.2 Å². The highest BCUT2D eigenvalue weighted by Gasteiger charge is 2.25. The van der Waals surface area contributed by atoms with E-state index in [2.05, 4.69) is 5.32 Å². The number of urea groups is 1. The van der Waals surface area contributed by atoms with E-state index in [0.29, 0.717) is 19.6 Å². The number of hydrogen-bond donors (Lipinski definition) is 2. The number of likely N-dealkylation sites (tertiary alicyclic amines) is 1. The molecular weight excluding hydrogens is 268 g/mol. The van der Waals surface area contributed by atoms with E-state index in [4.69, 9.17) is 5.11 Å². The summed E-state index contributed by atoms with van der Waals surface area (Å²) in [5.41, 5.74) is 0. The Morgan fingerprint density at radius 3 is 2.79 bits per heavy atom. The first-order valence-electron chi connectivity index (χ1n) is 6.47. The van der Waals surface area contributed by atoms with Crippen LogP contribution < -0.4 is 5.32 Å². The Hall–Kier alpha value is -1.11. The Bertz CT molecular complexity index is 362. The van der Waals surface area contributed by atoms with Crippen molar-refractivity contribution in [2.75, 3.05) is 25.9 Å². The summed E-state index contributed by atoms with van der Waals surface area (Å²) in [7, 11) is -0.957. The number of carbonyl (C=O) groups excluding carboxylic acids is 1. The zero-order valence-corrected chi connectivity index (χ0v) is 12.2. The van der Waals surface area contributed by atoms with E-state index in [-0.39, 0.29) is 23.6 Å². The number of nitrogens with zero attached hydrogens (tertiary/aromatic N) is 1. The smallest absolute Gasteiger partial charge is 0.317 e. The standard InChI is InChI=1S/C12H22N2O4S/c1-9(19(2)18)7-13-12(17)14-5-3-4-10(8-14)6-11(15)16/h9-10H,3-8H2,1-2H3,(H,13,17)(H,15,16). The number of carboxylic acid groups (broad SMARTS) is 1. The average Bonchev–Trinajstić information content (AvgIpc) is 2.34. The third-order valence-electron chi connectivity index (χ3n) is 3.38. The molecule has 7 heteroatoms. The molecule has 1 aliphatic rings. The molecule has 0 aromatic rings. The van der Waals surface area contributed by atoms with E-state index >= 15 is 0 Å². The lowest BCUT2D eigenvalue weighted by Gasteiger charge is -2.32. The molecule has 0 bridgehead atoms. The van der Waals surface area contributed by atoms with Gasteiger partial charge in [0.1, 0.15) is 0 Å². The summed E-state index contributed by atoms with van der Waals surface area (Å²) in [6, 6.07) is -0.188. The predicted molar refractivity (Wildman–Crippen MR) is 73.5 cm³/mol. The number of carboxylic acids is 1. The fraction of sp³-hybridized carbons (Fsp3) is 0.833. The van der Waals surface area contributed by atoms with Gasteiger partial charge in [-0.15, -0.1) is 0 Å². The van der Waals surface area contributed by atoms with Crippen molar-refractivity contribution in [2.24, 2.45) is 5.92 Å². The molecule has 0 radical (unpaired) electrons. The van der Waals surface area contributed by atoms with Gasteiger partial charge in [-0.05, 0) is 25.7 Å². The molecule has 1 heterocycles. The van der Waals surface area contributed by atoms with Crippen molar-refractivity contribution in [3.8, 4) is 0 Å². The Labute approximate surface area is 116 Å². The molecule has 3 atom stereocenters. The van der Waals surface area contributed by atoms with Crippen molar-refractivity contribution in [3.05, 3.63) is 0 Å². The van der Waals surface area contributed by atoms with Crippen LogP contribution in [0, 0.1) is 5.92 Å². The van der Waals surface area contributed by atoms with Gasteiger partial charge in [0.2, 0.25) is 0 Å². The van der Waals surface area contributed by atoms with E-state index in [0.717, 1.165) is 12.8 Å². The van der Waals surface area contributed by atoms with Crippen molar-refractivity contribution >= 4 is 22.8 Å². The summed E-state index contributed by atoms with van der Waals surface area (Å²) < 4.78 is 11.2. The van der Waals surface area contributed by atoms with Crippen molar-refractivity contribution in [2.45, 2.75) is 31.4 Å². The molecule has 3 unspecified atom stereocenters. The fourth-order valence-electron chi connectivity index (χ4n) is 2.12. The van der Waals surface area contributed by atoms with Crippen LogP contribution in [-0.4, -0.2) is 57.4 Å². The van der Waals surface area contributed by atoms with Crippen LogP contribution in [0.4, 0.5) is 4.79 Å². The van der Waals surface area contributed by atoms with Crippen molar-refractivity contribution in [1.29, 1.82) is 0 Å². The summed E-state index contributed by atoms with van der Waals surface area (Å²) in [6.07, 6.45) is 3.41. The van der Waals surface area contributed by atoms with Crippen LogP contribution in [0.5, 0.6) is 0 Å². The maximum atomic E-state index is 11.9. The van der Waals surface area contributed by atoms with Gasteiger partial charge in [-0.25, -0.2) is 4.79 Å². The van der Waals surface area contributed by atoms with E-state index in [9.17, 15) is 13.8 Å². The van der Waals surface area contributed by atoms with Crippen LogP contribution >= 0.6 is 0 Å². The number of amides is 2. The van der Waals surface area contributed by atoms with Gasteiger partial charge in [-0.2, -0.15) is 0 Å². The maximum Gasteiger partial charge on any atom is 0.317 e. The molecule has 1 saturated heterocycles. The minimum absolute atomic E-state index is 0.0368. The number of aliphatic carboxylic acids is 1. The predicted octanol–water partition coefficient (Wildman–Crippen LogP) is 0.650. The van der Waals surface area contributed by atoms with Crippen LogP contribution in [0.1, 0.15) is 26.2 Å². The molecule has 2 N–H and O–H groups in total. The molecule has 1 aliphatic heterocycles. The van der Waals surface area contributed by atoms with E-state index < -0.39 is 16.8 Å². The number of rotatable bonds is 5. The summed E-state index contributed by atoms with van der Waals surface area (Å²) in [6.45, 7) is 3.34. The van der Waals surface area contributed by atoms with E-state index in [1.807, 2.05) is 6.92 Å². The van der Waals surface area contributed by atoms with Crippen LogP contribution in [0.2, 0.25) is 0 Å². The van der Waals surface area contributed by atoms with Crippen LogP contribution in [0.25, 0.3) is 0 Å². The zero-order chi connectivity index (χ0) is 14.4. The quantitative estimate of drug-likeness (QED) is 0.778. The number of nitrogens with one attached hydrogen (secondary N) is 1. The first-order valence-corrected chi connectivity index (χ1v) is 8.09. The van der Waals surface area contributed by atoms with Crippen molar-refractivity contribution < 1.29 is 18.9 Å². The largest absolute Gasteiger partial charge is 0.481 e. The van der Waals surface area contributed by atoms with Gasteiger partial charge in [0.25, 0.3) is 0 Å². The second-order valence-electron chi connectivity index (χ2n) is 5.05. The SMILES string of the molecule is CC(CNC(=O)N1CCCC(CC(=O)O)C1)S(C)=O. The minimum atomic E-state index is -0.957. The summed E-state index contributed by atoms with van der Waals surface area (Å²) in [4.78, 5) is 24.3. The Balaban J connectivity index is 2.39. The van der Waals surface area contributed by atoms with Crippen LogP contribution in [0.15, 0.2) is 0 Å². The molecular formula is C12H22N2O4S. The monoisotopic (exact) mass is 290 g/mol. The summed E-state index contributed by atoms with van der Waals surface area (Å²) in [5, 5.41) is 11.4. The minimum Gasteiger partial charge on any atom is -0.481 e. The van der Waals surface area contributed by atoms with E-state index in [1.165, 1.54) is 0 Å². The lowest BCUT2D eigenvalue weighted by atomic mass is 9.95. The van der Waals surface area contributed by atoms with Gasteiger partial charge >= 0.3 is 12.0 Å². The molecule has 0 aromatic heterocycles. The first kappa shape index (κ1) is 15.9. The van der Waals surface area contributed by atoms with Gasteiger partial charge < -0.3 is 15.3 Å². The molecule has 0 spiro atoms. The number of carbonyl (C=O) groups is 2. The Morgan fingerprint density at radius 2 is 2.21 bits per heavy atom. The lowest BCUT2D eigenvalue weighted by Crippen LogP contribution is -2.47. The molecule has 2 amide bonds. The molecule has 0 aromatic carbocycles. The van der Waals surface area contributed by atoms with E-state index in [1.54, 1.807) is 11.2 Å². The molecule has 19 heavy (non-hydrogen) atoms. The maximum absolute atomic E-state index is 11.9.